The molecule has 1 aromatic heterocycles. The van der Waals surface area contributed by atoms with E-state index < -0.39 is 0 Å². The van der Waals surface area contributed by atoms with E-state index in [1.165, 1.54) is 10.2 Å². The first-order valence-electron chi connectivity index (χ1n) is 11.3. The summed E-state index contributed by atoms with van der Waals surface area (Å²) in [7, 11) is 0. The van der Waals surface area contributed by atoms with Gasteiger partial charge in [-0.2, -0.15) is 4.68 Å². The zero-order valence-electron chi connectivity index (χ0n) is 18.7. The lowest BCUT2D eigenvalue weighted by Crippen LogP contribution is -2.44. The monoisotopic (exact) mass is 430 g/mol. The summed E-state index contributed by atoms with van der Waals surface area (Å²) in [6, 6.07) is 21.2. The van der Waals surface area contributed by atoms with Crippen LogP contribution < -0.4 is 15.8 Å². The summed E-state index contributed by atoms with van der Waals surface area (Å²) in [4.78, 5) is 27.5. The second kappa shape index (κ2) is 9.81. The van der Waals surface area contributed by atoms with Crippen LogP contribution in [0.2, 0.25) is 0 Å². The van der Waals surface area contributed by atoms with Gasteiger partial charge in [-0.25, -0.2) is 0 Å². The third-order valence-electron chi connectivity index (χ3n) is 6.15. The second-order valence-corrected chi connectivity index (χ2v) is 8.39. The Morgan fingerprint density at radius 2 is 1.84 bits per heavy atom. The fourth-order valence-corrected chi connectivity index (χ4v) is 4.18. The number of carbonyl (C=O) groups is 1. The molecule has 0 bridgehead atoms. The van der Waals surface area contributed by atoms with Gasteiger partial charge in [-0.3, -0.25) is 9.59 Å². The lowest BCUT2D eigenvalue weighted by molar-refractivity contribution is -0.125. The Balaban J connectivity index is 1.48. The molecule has 2 heterocycles. The minimum atomic E-state index is -0.166. The van der Waals surface area contributed by atoms with Crippen molar-refractivity contribution in [2.24, 2.45) is 5.92 Å². The number of hydrogen-bond acceptors (Lipinski definition) is 4. The summed E-state index contributed by atoms with van der Waals surface area (Å²) in [5.74, 6) is 0.674. The van der Waals surface area contributed by atoms with Gasteiger partial charge >= 0.3 is 0 Å². The molecule has 1 N–H and O–H groups in total. The Morgan fingerprint density at radius 1 is 1.09 bits per heavy atom. The van der Waals surface area contributed by atoms with Crippen molar-refractivity contribution in [2.75, 3.05) is 18.0 Å². The van der Waals surface area contributed by atoms with E-state index in [0.29, 0.717) is 6.54 Å². The molecule has 1 aliphatic rings. The summed E-state index contributed by atoms with van der Waals surface area (Å²) in [5.41, 5.74) is 2.89. The van der Waals surface area contributed by atoms with Crippen molar-refractivity contribution in [3.8, 4) is 5.69 Å². The molecule has 0 spiro atoms. The summed E-state index contributed by atoms with van der Waals surface area (Å²) in [6.45, 7) is 5.52. The number of rotatable bonds is 6. The number of nitrogens with zero attached hydrogens (tertiary/aromatic N) is 3. The Morgan fingerprint density at radius 3 is 2.56 bits per heavy atom. The topological polar surface area (TPSA) is 67.2 Å². The van der Waals surface area contributed by atoms with Crippen molar-refractivity contribution >= 4 is 11.7 Å². The zero-order valence-corrected chi connectivity index (χ0v) is 18.7. The number of hydrogen-bond donors (Lipinski definition) is 1. The van der Waals surface area contributed by atoms with Crippen LogP contribution in [0.15, 0.2) is 71.5 Å². The van der Waals surface area contributed by atoms with Gasteiger partial charge in [0.25, 0.3) is 5.56 Å². The predicted molar refractivity (Wildman–Crippen MR) is 127 cm³/mol. The molecular formula is C26H30N4O2. The maximum atomic E-state index is 12.9. The van der Waals surface area contributed by atoms with Gasteiger partial charge in [0.15, 0.2) is 0 Å². The molecule has 0 aliphatic carbocycles. The first-order chi connectivity index (χ1) is 15.5. The normalized spacial score (nSPS) is 17.1. The average molecular weight is 431 g/mol. The minimum Gasteiger partial charge on any atom is -0.354 e. The van der Waals surface area contributed by atoms with E-state index in [1.807, 2.05) is 61.5 Å². The van der Waals surface area contributed by atoms with Crippen LogP contribution in [-0.4, -0.2) is 28.8 Å². The minimum absolute atomic E-state index is 0.0369. The van der Waals surface area contributed by atoms with E-state index in [2.05, 4.69) is 22.2 Å². The van der Waals surface area contributed by atoms with Crippen LogP contribution >= 0.6 is 0 Å². The van der Waals surface area contributed by atoms with Crippen LogP contribution in [0.25, 0.3) is 5.69 Å². The fourth-order valence-electron chi connectivity index (χ4n) is 4.18. The van der Waals surface area contributed by atoms with Crippen LogP contribution in [-0.2, 0) is 11.2 Å². The molecule has 6 heteroatoms. The van der Waals surface area contributed by atoms with Crippen molar-refractivity contribution in [3.63, 3.8) is 0 Å². The molecule has 1 amide bonds. The third-order valence-corrected chi connectivity index (χ3v) is 6.15. The summed E-state index contributed by atoms with van der Waals surface area (Å²) in [6.07, 6.45) is 2.70. The molecule has 3 aromatic rings. The molecule has 0 saturated carbocycles. The van der Waals surface area contributed by atoms with Crippen molar-refractivity contribution in [1.82, 2.24) is 15.1 Å². The van der Waals surface area contributed by atoms with Crippen LogP contribution in [0, 0.1) is 5.92 Å². The van der Waals surface area contributed by atoms with E-state index in [1.54, 1.807) is 12.1 Å². The molecule has 2 atom stereocenters. The first kappa shape index (κ1) is 21.8. The van der Waals surface area contributed by atoms with Gasteiger partial charge in [-0.15, -0.1) is 5.10 Å². The maximum absolute atomic E-state index is 12.9. The van der Waals surface area contributed by atoms with Crippen LogP contribution in [0.4, 0.5) is 5.82 Å². The highest BCUT2D eigenvalue weighted by molar-refractivity contribution is 5.80. The molecule has 6 nitrogen and oxygen atoms in total. The van der Waals surface area contributed by atoms with Gasteiger partial charge in [0, 0.05) is 19.2 Å². The van der Waals surface area contributed by atoms with Gasteiger partial charge in [-0.05, 0) is 55.5 Å². The number of piperidine rings is 1. The second-order valence-electron chi connectivity index (χ2n) is 8.39. The van der Waals surface area contributed by atoms with Gasteiger partial charge in [-0.1, -0.05) is 49.4 Å². The molecule has 4 rings (SSSR count). The van der Waals surface area contributed by atoms with Crippen LogP contribution in [0.1, 0.15) is 43.9 Å². The number of aryl methyl sites for hydroxylation is 1. The summed E-state index contributed by atoms with van der Waals surface area (Å²) < 4.78 is 1.44. The molecule has 32 heavy (non-hydrogen) atoms. The van der Waals surface area contributed by atoms with Gasteiger partial charge in [0.1, 0.15) is 5.82 Å². The molecule has 0 radical (unpaired) electrons. The molecule has 1 saturated heterocycles. The number of anilines is 1. The Labute approximate surface area is 188 Å². The standard InChI is InChI=1S/C26H30N4O2/c1-3-20-11-13-23(14-12-20)30-25(31)16-15-24(28-30)29-17-7-10-22(18-29)26(32)27-19(2)21-8-5-4-6-9-21/h4-6,8-9,11-16,19,22H,3,7,10,17-18H2,1-2H3,(H,27,32)/t19-,22+/m0/s1. The first-order valence-corrected chi connectivity index (χ1v) is 11.3. The smallest absolute Gasteiger partial charge is 0.271 e. The van der Waals surface area contributed by atoms with E-state index >= 15 is 0 Å². The largest absolute Gasteiger partial charge is 0.354 e. The molecule has 1 aliphatic heterocycles. The Bertz CT molecular complexity index is 1110. The number of nitrogens with one attached hydrogen (secondary N) is 1. The number of aromatic nitrogens is 2. The summed E-state index contributed by atoms with van der Waals surface area (Å²) >= 11 is 0. The van der Waals surface area contributed by atoms with Gasteiger partial charge in [0.05, 0.1) is 17.6 Å². The Hall–Kier alpha value is -3.41. The van der Waals surface area contributed by atoms with Crippen molar-refractivity contribution < 1.29 is 4.79 Å². The van der Waals surface area contributed by atoms with Crippen LogP contribution in [0.3, 0.4) is 0 Å². The zero-order chi connectivity index (χ0) is 22.5. The number of carbonyl (C=O) groups excluding carboxylic acids is 1. The van der Waals surface area contributed by atoms with Crippen molar-refractivity contribution in [1.29, 1.82) is 0 Å². The van der Waals surface area contributed by atoms with Gasteiger partial charge in [0.2, 0.25) is 5.91 Å². The Kier molecular flexibility index (Phi) is 6.69. The van der Waals surface area contributed by atoms with E-state index in [4.69, 9.17) is 0 Å². The highest BCUT2D eigenvalue weighted by Gasteiger charge is 2.27. The number of benzene rings is 2. The molecule has 2 aromatic carbocycles. The molecule has 1 fully saturated rings. The van der Waals surface area contributed by atoms with Gasteiger partial charge < -0.3 is 10.2 Å². The molecular weight excluding hydrogens is 400 g/mol. The van der Waals surface area contributed by atoms with Crippen LogP contribution in [0.5, 0.6) is 0 Å². The third kappa shape index (κ3) is 4.90. The van der Waals surface area contributed by atoms with Crippen molar-refractivity contribution in [2.45, 2.75) is 39.2 Å². The van der Waals surface area contributed by atoms with E-state index in [0.717, 1.165) is 42.9 Å². The van der Waals surface area contributed by atoms with Crippen molar-refractivity contribution in [3.05, 3.63) is 88.2 Å². The molecule has 166 valence electrons. The fraction of sp³-hybridized carbons (Fsp3) is 0.346. The van der Waals surface area contributed by atoms with E-state index in [-0.39, 0.29) is 23.4 Å². The SMILES string of the molecule is CCc1ccc(-n2nc(N3CCC[C@@H](C(=O)N[C@@H](C)c4ccccc4)C3)ccc2=O)cc1. The lowest BCUT2D eigenvalue weighted by atomic mass is 9.96. The quantitative estimate of drug-likeness (QED) is 0.644. The lowest BCUT2D eigenvalue weighted by Gasteiger charge is -2.33. The van der Waals surface area contributed by atoms with E-state index in [9.17, 15) is 9.59 Å². The highest BCUT2D eigenvalue weighted by atomic mass is 16.2. The summed E-state index contributed by atoms with van der Waals surface area (Å²) in [5, 5.41) is 7.78. The maximum Gasteiger partial charge on any atom is 0.271 e. The predicted octanol–water partition coefficient (Wildman–Crippen LogP) is 3.89. The highest BCUT2D eigenvalue weighted by Crippen LogP contribution is 2.23. The average Bonchev–Trinajstić information content (AvgIpc) is 2.85. The number of amides is 1. The molecule has 0 unspecified atom stereocenters.